The standard InChI is InChI=1S/C24H21BrN4O3S/c1-2-16-8-11-20(14-22(16)33(31,32)29-19-12-9-18(25)10-13-19)27-24(30)21-15-26-23(28-21)17-6-4-3-5-7-17/h3-15,29H,2H2,1H3,(H,26,28)(H,27,30). The summed E-state index contributed by atoms with van der Waals surface area (Å²) in [6.45, 7) is 1.88. The van der Waals surface area contributed by atoms with Crippen molar-refractivity contribution in [1.29, 1.82) is 0 Å². The fourth-order valence-corrected chi connectivity index (χ4v) is 4.94. The molecule has 0 fully saturated rings. The molecular formula is C24H21BrN4O3S. The first-order valence-corrected chi connectivity index (χ1v) is 12.5. The van der Waals surface area contributed by atoms with Crippen LogP contribution >= 0.6 is 15.9 Å². The largest absolute Gasteiger partial charge is 0.334 e. The van der Waals surface area contributed by atoms with Gasteiger partial charge in [-0.2, -0.15) is 0 Å². The number of aryl methyl sites for hydroxylation is 1. The van der Waals surface area contributed by atoms with Gasteiger partial charge in [-0.25, -0.2) is 13.4 Å². The molecule has 1 aromatic heterocycles. The average Bonchev–Trinajstić information content (AvgIpc) is 3.32. The van der Waals surface area contributed by atoms with E-state index in [1.54, 1.807) is 36.4 Å². The van der Waals surface area contributed by atoms with Crippen molar-refractivity contribution >= 4 is 43.2 Å². The second kappa shape index (κ2) is 9.60. The highest BCUT2D eigenvalue weighted by molar-refractivity contribution is 9.10. The molecule has 0 atom stereocenters. The minimum absolute atomic E-state index is 0.111. The van der Waals surface area contributed by atoms with E-state index in [1.807, 2.05) is 37.3 Å². The van der Waals surface area contributed by atoms with Gasteiger partial charge in [-0.1, -0.05) is 59.3 Å². The average molecular weight is 525 g/mol. The van der Waals surface area contributed by atoms with Crippen LogP contribution in [0.3, 0.4) is 0 Å². The van der Waals surface area contributed by atoms with Crippen LogP contribution in [0.15, 0.2) is 88.4 Å². The molecule has 0 aliphatic carbocycles. The molecule has 1 amide bonds. The van der Waals surface area contributed by atoms with Gasteiger partial charge in [0.2, 0.25) is 0 Å². The summed E-state index contributed by atoms with van der Waals surface area (Å²) in [6.07, 6.45) is 1.97. The molecule has 0 radical (unpaired) electrons. The first-order valence-electron chi connectivity index (χ1n) is 10.2. The third-order valence-corrected chi connectivity index (χ3v) is 6.95. The van der Waals surface area contributed by atoms with Gasteiger partial charge in [0.15, 0.2) is 0 Å². The molecule has 33 heavy (non-hydrogen) atoms. The molecule has 3 aromatic carbocycles. The number of carbonyl (C=O) groups is 1. The van der Waals surface area contributed by atoms with Crippen LogP contribution in [-0.2, 0) is 16.4 Å². The third kappa shape index (κ3) is 5.32. The molecule has 0 spiro atoms. The van der Waals surface area contributed by atoms with Gasteiger partial charge in [0.25, 0.3) is 15.9 Å². The van der Waals surface area contributed by atoms with Crippen molar-refractivity contribution < 1.29 is 13.2 Å². The Hall–Kier alpha value is -3.43. The van der Waals surface area contributed by atoms with Gasteiger partial charge in [-0.3, -0.25) is 9.52 Å². The van der Waals surface area contributed by atoms with E-state index in [-0.39, 0.29) is 10.6 Å². The van der Waals surface area contributed by atoms with Gasteiger partial charge in [0.05, 0.1) is 11.1 Å². The number of anilines is 2. The quantitative estimate of drug-likeness (QED) is 0.298. The van der Waals surface area contributed by atoms with E-state index in [2.05, 4.69) is 35.9 Å². The number of amides is 1. The van der Waals surface area contributed by atoms with Gasteiger partial charge in [0, 0.05) is 21.4 Å². The number of nitrogens with one attached hydrogen (secondary N) is 3. The molecule has 0 saturated heterocycles. The van der Waals surface area contributed by atoms with Gasteiger partial charge in [-0.15, -0.1) is 0 Å². The van der Waals surface area contributed by atoms with Gasteiger partial charge in [0.1, 0.15) is 11.5 Å². The van der Waals surface area contributed by atoms with E-state index in [0.717, 1.165) is 10.0 Å². The number of imidazole rings is 1. The fraction of sp³-hybridized carbons (Fsp3) is 0.0833. The van der Waals surface area contributed by atoms with Crippen molar-refractivity contribution in [2.45, 2.75) is 18.2 Å². The van der Waals surface area contributed by atoms with Crippen molar-refractivity contribution in [3.05, 3.63) is 94.7 Å². The predicted molar refractivity (Wildman–Crippen MR) is 133 cm³/mol. The fourth-order valence-electron chi connectivity index (χ4n) is 3.28. The molecule has 4 rings (SSSR count). The maximum absolute atomic E-state index is 13.1. The molecular weight excluding hydrogens is 504 g/mol. The van der Waals surface area contributed by atoms with Crippen LogP contribution in [-0.4, -0.2) is 24.3 Å². The second-order valence-corrected chi connectivity index (χ2v) is 9.82. The highest BCUT2D eigenvalue weighted by atomic mass is 79.9. The van der Waals surface area contributed by atoms with E-state index >= 15 is 0 Å². The summed E-state index contributed by atoms with van der Waals surface area (Å²) >= 11 is 3.33. The summed E-state index contributed by atoms with van der Waals surface area (Å²) in [5.41, 5.74) is 2.58. The second-order valence-electron chi connectivity index (χ2n) is 7.25. The molecule has 3 N–H and O–H groups in total. The maximum atomic E-state index is 13.1. The van der Waals surface area contributed by atoms with E-state index in [4.69, 9.17) is 0 Å². The number of benzene rings is 3. The number of hydrogen-bond acceptors (Lipinski definition) is 4. The zero-order valence-electron chi connectivity index (χ0n) is 17.7. The lowest BCUT2D eigenvalue weighted by Gasteiger charge is -2.14. The van der Waals surface area contributed by atoms with Crippen LogP contribution < -0.4 is 10.0 Å². The molecule has 168 valence electrons. The van der Waals surface area contributed by atoms with Crippen molar-refractivity contribution in [2.75, 3.05) is 10.0 Å². The van der Waals surface area contributed by atoms with E-state index in [9.17, 15) is 13.2 Å². The monoisotopic (exact) mass is 524 g/mol. The first kappa shape index (κ1) is 22.8. The third-order valence-electron chi connectivity index (χ3n) is 4.96. The Kier molecular flexibility index (Phi) is 6.62. The van der Waals surface area contributed by atoms with Crippen LogP contribution in [0.2, 0.25) is 0 Å². The Morgan fingerprint density at radius 2 is 1.70 bits per heavy atom. The minimum Gasteiger partial charge on any atom is -0.334 e. The summed E-state index contributed by atoms with van der Waals surface area (Å²) in [5, 5.41) is 2.75. The summed E-state index contributed by atoms with van der Waals surface area (Å²) in [7, 11) is -3.86. The Morgan fingerprint density at radius 1 is 1.00 bits per heavy atom. The number of H-pyrrole nitrogens is 1. The number of aromatic nitrogens is 2. The number of hydrogen-bond donors (Lipinski definition) is 3. The van der Waals surface area contributed by atoms with Crippen molar-refractivity contribution in [3.63, 3.8) is 0 Å². The maximum Gasteiger partial charge on any atom is 0.273 e. The smallest absolute Gasteiger partial charge is 0.273 e. The SMILES string of the molecule is CCc1ccc(NC(=O)c2cnc(-c3ccccc3)[nH]2)cc1S(=O)(=O)Nc1ccc(Br)cc1. The van der Waals surface area contributed by atoms with Crippen molar-refractivity contribution in [1.82, 2.24) is 9.97 Å². The summed E-state index contributed by atoms with van der Waals surface area (Å²) in [6, 6.07) is 21.1. The van der Waals surface area contributed by atoms with Gasteiger partial charge < -0.3 is 10.3 Å². The number of carbonyl (C=O) groups excluding carboxylic acids is 1. The molecule has 0 aliphatic rings. The lowest BCUT2D eigenvalue weighted by atomic mass is 10.1. The Bertz CT molecular complexity index is 1380. The summed E-state index contributed by atoms with van der Waals surface area (Å²) in [4.78, 5) is 20.1. The lowest BCUT2D eigenvalue weighted by molar-refractivity contribution is 0.102. The molecule has 1 heterocycles. The molecule has 4 aromatic rings. The molecule has 0 bridgehead atoms. The Labute approximate surface area is 200 Å². The molecule has 0 saturated carbocycles. The van der Waals surface area contributed by atoms with Gasteiger partial charge >= 0.3 is 0 Å². The molecule has 9 heteroatoms. The van der Waals surface area contributed by atoms with Crippen LogP contribution in [0.25, 0.3) is 11.4 Å². The highest BCUT2D eigenvalue weighted by Crippen LogP contribution is 2.25. The normalized spacial score (nSPS) is 11.2. The number of rotatable bonds is 7. The number of sulfonamides is 1. The van der Waals surface area contributed by atoms with Crippen molar-refractivity contribution in [3.8, 4) is 11.4 Å². The number of halogens is 1. The topological polar surface area (TPSA) is 104 Å². The molecule has 7 nitrogen and oxygen atoms in total. The minimum atomic E-state index is -3.86. The first-order chi connectivity index (χ1) is 15.9. The number of aromatic amines is 1. The highest BCUT2D eigenvalue weighted by Gasteiger charge is 2.20. The van der Waals surface area contributed by atoms with E-state index < -0.39 is 15.9 Å². The summed E-state index contributed by atoms with van der Waals surface area (Å²) < 4.78 is 29.6. The van der Waals surface area contributed by atoms with Gasteiger partial charge in [-0.05, 0) is 48.4 Å². The Morgan fingerprint density at radius 3 is 2.39 bits per heavy atom. The zero-order chi connectivity index (χ0) is 23.4. The van der Waals surface area contributed by atoms with Crippen LogP contribution in [0.4, 0.5) is 11.4 Å². The molecule has 0 unspecified atom stereocenters. The zero-order valence-corrected chi connectivity index (χ0v) is 20.1. The van der Waals surface area contributed by atoms with Crippen LogP contribution in [0.5, 0.6) is 0 Å². The van der Waals surface area contributed by atoms with Crippen molar-refractivity contribution in [2.24, 2.45) is 0 Å². The molecule has 0 aliphatic heterocycles. The number of nitrogens with zero attached hydrogens (tertiary/aromatic N) is 1. The van der Waals surface area contributed by atoms with Crippen LogP contribution in [0.1, 0.15) is 23.0 Å². The Balaban J connectivity index is 1.57. The predicted octanol–water partition coefficient (Wildman–Crippen LogP) is 5.45. The summed E-state index contributed by atoms with van der Waals surface area (Å²) in [5.74, 6) is 0.155. The van der Waals surface area contributed by atoms with E-state index in [1.165, 1.54) is 12.3 Å². The lowest BCUT2D eigenvalue weighted by Crippen LogP contribution is -2.17. The van der Waals surface area contributed by atoms with Crippen LogP contribution in [0, 0.1) is 0 Å². The van der Waals surface area contributed by atoms with E-state index in [0.29, 0.717) is 29.2 Å².